The second-order valence-electron chi connectivity index (χ2n) is 5.13. The maximum Gasteiger partial charge on any atom is 0.253 e. The fourth-order valence-electron chi connectivity index (χ4n) is 2.51. The number of hydrogen-bond donors (Lipinski definition) is 2. The maximum atomic E-state index is 14.1. The van der Waals surface area contributed by atoms with Crippen molar-refractivity contribution in [2.45, 2.75) is 6.92 Å². The summed E-state index contributed by atoms with van der Waals surface area (Å²) in [4.78, 5) is 16.1. The van der Waals surface area contributed by atoms with Crippen molar-refractivity contribution in [1.29, 1.82) is 0 Å². The molecular formula is C16H15FN4O. The molecule has 0 unspecified atom stereocenters. The number of nitrogens with zero attached hydrogens (tertiary/aromatic N) is 2. The van der Waals surface area contributed by atoms with Crippen molar-refractivity contribution in [3.05, 3.63) is 53.5 Å². The lowest BCUT2D eigenvalue weighted by atomic mass is 10.2. The summed E-state index contributed by atoms with van der Waals surface area (Å²) in [6.07, 6.45) is 1.63. The number of amides is 1. The first-order valence-corrected chi connectivity index (χ1v) is 6.75. The smallest absolute Gasteiger partial charge is 0.253 e. The van der Waals surface area contributed by atoms with E-state index in [1.165, 1.54) is 6.07 Å². The van der Waals surface area contributed by atoms with Crippen molar-refractivity contribution in [1.82, 2.24) is 9.55 Å². The van der Waals surface area contributed by atoms with E-state index in [9.17, 15) is 9.18 Å². The predicted molar refractivity (Wildman–Crippen MR) is 83.7 cm³/mol. The Kier molecular flexibility index (Phi) is 3.29. The Morgan fingerprint density at radius 2 is 2.14 bits per heavy atom. The highest BCUT2D eigenvalue weighted by molar-refractivity contribution is 6.11. The largest absolute Gasteiger partial charge is 0.365 e. The van der Waals surface area contributed by atoms with Crippen LogP contribution in [0.5, 0.6) is 0 Å². The molecular weight excluding hydrogens is 283 g/mol. The van der Waals surface area contributed by atoms with E-state index >= 15 is 0 Å². The number of benzene rings is 1. The molecule has 0 bridgehead atoms. The number of nitrogens with two attached hydrogens (primary N) is 1. The standard InChI is InChI=1S/C16H15FN4O/c1-9-5-6-12(11(17)8-9)20-16-13(14(18)22)10-4-3-7-19-15(10)21(16)2/h3-8,20H,1-2H3,(H2,18,22). The number of aryl methyl sites for hydroxylation is 2. The zero-order chi connectivity index (χ0) is 15.9. The highest BCUT2D eigenvalue weighted by Gasteiger charge is 2.20. The Balaban J connectivity index is 2.20. The molecule has 0 spiro atoms. The Morgan fingerprint density at radius 1 is 1.36 bits per heavy atom. The van der Waals surface area contributed by atoms with Crippen molar-refractivity contribution in [3.63, 3.8) is 0 Å². The summed E-state index contributed by atoms with van der Waals surface area (Å²) in [5, 5.41) is 3.59. The number of fused-ring (bicyclic) bond motifs is 1. The van der Waals surface area contributed by atoms with Crippen molar-refractivity contribution < 1.29 is 9.18 Å². The molecule has 3 N–H and O–H groups in total. The second kappa shape index (κ2) is 5.14. The number of anilines is 2. The van der Waals surface area contributed by atoms with Crippen LogP contribution in [0, 0.1) is 12.7 Å². The van der Waals surface area contributed by atoms with Gasteiger partial charge in [-0.3, -0.25) is 4.79 Å². The Labute approximate surface area is 126 Å². The number of pyridine rings is 1. The van der Waals surface area contributed by atoms with E-state index < -0.39 is 11.7 Å². The van der Waals surface area contributed by atoms with E-state index in [4.69, 9.17) is 5.73 Å². The second-order valence-corrected chi connectivity index (χ2v) is 5.13. The summed E-state index contributed by atoms with van der Waals surface area (Å²) in [5.41, 5.74) is 7.49. The molecule has 0 saturated carbocycles. The number of carbonyl (C=O) groups excluding carboxylic acids is 1. The minimum Gasteiger partial charge on any atom is -0.365 e. The minimum absolute atomic E-state index is 0.277. The van der Waals surface area contributed by atoms with E-state index in [0.29, 0.717) is 22.4 Å². The van der Waals surface area contributed by atoms with Gasteiger partial charge in [0.25, 0.3) is 5.91 Å². The number of halogens is 1. The molecule has 1 amide bonds. The molecule has 3 rings (SSSR count). The minimum atomic E-state index is -0.589. The van der Waals surface area contributed by atoms with E-state index in [1.807, 2.05) is 6.92 Å². The zero-order valence-electron chi connectivity index (χ0n) is 12.2. The molecule has 2 heterocycles. The first-order chi connectivity index (χ1) is 10.5. The Hall–Kier alpha value is -2.89. The van der Waals surface area contributed by atoms with Gasteiger partial charge in [0.1, 0.15) is 17.3 Å². The van der Waals surface area contributed by atoms with Gasteiger partial charge in [0.15, 0.2) is 0 Å². The highest BCUT2D eigenvalue weighted by Crippen LogP contribution is 2.31. The summed E-state index contributed by atoms with van der Waals surface area (Å²) in [6.45, 7) is 1.81. The van der Waals surface area contributed by atoms with Gasteiger partial charge in [-0.05, 0) is 36.8 Å². The summed E-state index contributed by atoms with van der Waals surface area (Å²) in [6, 6.07) is 8.33. The lowest BCUT2D eigenvalue weighted by Gasteiger charge is -2.11. The molecule has 0 aliphatic rings. The molecule has 0 radical (unpaired) electrons. The average Bonchev–Trinajstić information content (AvgIpc) is 2.75. The number of primary amides is 1. The predicted octanol–water partition coefficient (Wildman–Crippen LogP) is 2.86. The van der Waals surface area contributed by atoms with Gasteiger partial charge in [0, 0.05) is 18.6 Å². The van der Waals surface area contributed by atoms with Crippen LogP contribution in [0.25, 0.3) is 11.0 Å². The topological polar surface area (TPSA) is 72.9 Å². The average molecular weight is 298 g/mol. The number of rotatable bonds is 3. The van der Waals surface area contributed by atoms with Crippen LogP contribution < -0.4 is 11.1 Å². The molecule has 3 aromatic rings. The quantitative estimate of drug-likeness (QED) is 0.781. The Morgan fingerprint density at radius 3 is 2.82 bits per heavy atom. The van der Waals surface area contributed by atoms with E-state index in [2.05, 4.69) is 10.3 Å². The molecule has 0 aliphatic carbocycles. The molecule has 0 aliphatic heterocycles. The molecule has 0 saturated heterocycles. The maximum absolute atomic E-state index is 14.1. The van der Waals surface area contributed by atoms with E-state index in [0.717, 1.165) is 5.56 Å². The normalized spacial score (nSPS) is 10.9. The van der Waals surface area contributed by atoms with Crippen LogP contribution in [0.1, 0.15) is 15.9 Å². The molecule has 6 heteroatoms. The number of hydrogen-bond acceptors (Lipinski definition) is 3. The van der Waals surface area contributed by atoms with Gasteiger partial charge in [-0.25, -0.2) is 9.37 Å². The van der Waals surface area contributed by atoms with Gasteiger partial charge in [0.2, 0.25) is 0 Å². The monoisotopic (exact) mass is 298 g/mol. The first kappa shape index (κ1) is 14.1. The summed E-state index contributed by atoms with van der Waals surface area (Å²) < 4.78 is 15.7. The molecule has 2 aromatic heterocycles. The zero-order valence-corrected chi connectivity index (χ0v) is 12.2. The lowest BCUT2D eigenvalue weighted by Crippen LogP contribution is -2.13. The van der Waals surface area contributed by atoms with Gasteiger partial charge in [-0.1, -0.05) is 6.07 Å². The van der Waals surface area contributed by atoms with Crippen LogP contribution >= 0.6 is 0 Å². The molecule has 5 nitrogen and oxygen atoms in total. The van der Waals surface area contributed by atoms with E-state index in [-0.39, 0.29) is 5.69 Å². The highest BCUT2D eigenvalue weighted by atomic mass is 19.1. The van der Waals surface area contributed by atoms with Gasteiger partial charge in [0.05, 0.1) is 11.3 Å². The number of carbonyl (C=O) groups is 1. The Bertz CT molecular complexity index is 885. The third-order valence-corrected chi connectivity index (χ3v) is 3.57. The molecule has 0 fully saturated rings. The van der Waals surface area contributed by atoms with Crippen LogP contribution in [-0.4, -0.2) is 15.5 Å². The summed E-state index contributed by atoms with van der Waals surface area (Å²) in [7, 11) is 1.75. The van der Waals surface area contributed by atoms with Gasteiger partial charge in [-0.2, -0.15) is 0 Å². The first-order valence-electron chi connectivity index (χ1n) is 6.75. The van der Waals surface area contributed by atoms with Crippen LogP contribution in [0.4, 0.5) is 15.9 Å². The van der Waals surface area contributed by atoms with Gasteiger partial charge >= 0.3 is 0 Å². The van der Waals surface area contributed by atoms with Crippen LogP contribution in [0.3, 0.4) is 0 Å². The van der Waals surface area contributed by atoms with Gasteiger partial charge in [-0.15, -0.1) is 0 Å². The van der Waals surface area contributed by atoms with Crippen molar-refractivity contribution in [2.24, 2.45) is 12.8 Å². The molecule has 1 aromatic carbocycles. The van der Waals surface area contributed by atoms with E-state index in [1.54, 1.807) is 42.1 Å². The summed E-state index contributed by atoms with van der Waals surface area (Å²) >= 11 is 0. The third kappa shape index (κ3) is 2.18. The van der Waals surface area contributed by atoms with Crippen molar-refractivity contribution >= 4 is 28.4 Å². The summed E-state index contributed by atoms with van der Waals surface area (Å²) in [5.74, 6) is -0.564. The molecule has 112 valence electrons. The lowest BCUT2D eigenvalue weighted by molar-refractivity contribution is 0.100. The van der Waals surface area contributed by atoms with Crippen molar-refractivity contribution in [2.75, 3.05) is 5.32 Å². The van der Waals surface area contributed by atoms with Crippen LogP contribution in [0.2, 0.25) is 0 Å². The van der Waals surface area contributed by atoms with Crippen LogP contribution in [-0.2, 0) is 7.05 Å². The number of nitrogens with one attached hydrogen (secondary N) is 1. The fourth-order valence-corrected chi connectivity index (χ4v) is 2.51. The van der Waals surface area contributed by atoms with Gasteiger partial charge < -0.3 is 15.6 Å². The third-order valence-electron chi connectivity index (χ3n) is 3.57. The van der Waals surface area contributed by atoms with Crippen molar-refractivity contribution in [3.8, 4) is 0 Å². The molecule has 22 heavy (non-hydrogen) atoms. The number of aromatic nitrogens is 2. The fraction of sp³-hybridized carbons (Fsp3) is 0.125. The molecule has 0 atom stereocenters. The SMILES string of the molecule is Cc1ccc(Nc2c(C(N)=O)c3cccnc3n2C)c(F)c1. The van der Waals surface area contributed by atoms with Crippen LogP contribution in [0.15, 0.2) is 36.5 Å².